The Morgan fingerprint density at radius 2 is 2.12 bits per heavy atom. The third-order valence-corrected chi connectivity index (χ3v) is 4.10. The third kappa shape index (κ3) is 3.16. The van der Waals surface area contributed by atoms with Crippen molar-refractivity contribution in [2.45, 2.75) is 25.4 Å². The monoisotopic (exact) mass is 320 g/mol. The molecule has 1 aliphatic heterocycles. The van der Waals surface area contributed by atoms with Gasteiger partial charge in [-0.2, -0.15) is 0 Å². The van der Waals surface area contributed by atoms with Crippen LogP contribution in [0.1, 0.15) is 30.3 Å². The molecule has 2 heterocycles. The van der Waals surface area contributed by atoms with Gasteiger partial charge in [-0.3, -0.25) is 0 Å². The zero-order valence-electron chi connectivity index (χ0n) is 9.58. The highest BCUT2D eigenvalue weighted by Crippen LogP contribution is 2.29. The van der Waals surface area contributed by atoms with Crippen LogP contribution in [0.3, 0.4) is 0 Å². The molecule has 6 heteroatoms. The Morgan fingerprint density at radius 1 is 1.41 bits per heavy atom. The molecular formula is C11H14BrClN2O2. The number of ether oxygens (including phenoxy) is 2. The summed E-state index contributed by atoms with van der Waals surface area (Å²) in [7, 11) is 1.64. The lowest BCUT2D eigenvalue weighted by Gasteiger charge is -2.21. The van der Waals surface area contributed by atoms with Crippen LogP contribution in [0.25, 0.3) is 0 Å². The largest absolute Gasteiger partial charge is 0.381 e. The van der Waals surface area contributed by atoms with Crippen molar-refractivity contribution >= 4 is 27.5 Å². The van der Waals surface area contributed by atoms with Gasteiger partial charge in [0, 0.05) is 26.2 Å². The number of nitrogens with zero attached hydrogens (tertiary/aromatic N) is 2. The van der Waals surface area contributed by atoms with Crippen LogP contribution >= 0.6 is 27.5 Å². The summed E-state index contributed by atoms with van der Waals surface area (Å²) in [6, 6.07) is 0. The highest BCUT2D eigenvalue weighted by molar-refractivity contribution is 9.10. The number of halogens is 2. The maximum Gasteiger partial charge on any atom is 0.147 e. The number of rotatable bonds is 3. The first kappa shape index (κ1) is 13.2. The van der Waals surface area contributed by atoms with Gasteiger partial charge in [-0.15, -0.1) is 0 Å². The zero-order chi connectivity index (χ0) is 12.3. The fourth-order valence-corrected chi connectivity index (χ4v) is 2.34. The molecule has 0 bridgehead atoms. The van der Waals surface area contributed by atoms with Gasteiger partial charge in [0.15, 0.2) is 0 Å². The Balaban J connectivity index is 2.27. The summed E-state index contributed by atoms with van der Waals surface area (Å²) in [5.41, 5.74) is 0.800. The van der Waals surface area contributed by atoms with E-state index in [0.29, 0.717) is 17.7 Å². The van der Waals surface area contributed by atoms with E-state index in [-0.39, 0.29) is 0 Å². The predicted molar refractivity (Wildman–Crippen MR) is 68.2 cm³/mol. The summed E-state index contributed by atoms with van der Waals surface area (Å²) >= 11 is 9.47. The molecule has 4 nitrogen and oxygen atoms in total. The molecule has 0 radical (unpaired) electrons. The van der Waals surface area contributed by atoms with Crippen LogP contribution in [-0.2, 0) is 16.1 Å². The van der Waals surface area contributed by atoms with Crippen molar-refractivity contribution in [3.8, 4) is 0 Å². The maximum atomic E-state index is 6.09. The third-order valence-electron chi connectivity index (χ3n) is 2.76. The first-order valence-electron chi connectivity index (χ1n) is 5.51. The Hall–Kier alpha value is -0.230. The van der Waals surface area contributed by atoms with Crippen molar-refractivity contribution < 1.29 is 9.47 Å². The molecule has 1 saturated heterocycles. The molecular weight excluding hydrogens is 307 g/mol. The molecule has 94 valence electrons. The highest BCUT2D eigenvalue weighted by atomic mass is 79.9. The second-order valence-electron chi connectivity index (χ2n) is 3.95. The Labute approximate surface area is 114 Å². The van der Waals surface area contributed by atoms with Crippen molar-refractivity contribution in [1.29, 1.82) is 0 Å². The van der Waals surface area contributed by atoms with Gasteiger partial charge in [-0.05, 0) is 28.8 Å². The molecule has 0 spiro atoms. The molecule has 0 amide bonds. The SMILES string of the molecule is COCc1nc(C2CCOCC2)nc(Cl)c1Br. The van der Waals surface area contributed by atoms with E-state index in [0.717, 1.165) is 42.0 Å². The summed E-state index contributed by atoms with van der Waals surface area (Å²) in [4.78, 5) is 8.86. The minimum absolute atomic E-state index is 0.338. The second-order valence-corrected chi connectivity index (χ2v) is 5.10. The molecule has 1 aromatic heterocycles. The standard InChI is InChI=1S/C11H14BrClN2O2/c1-16-6-8-9(12)10(13)15-11(14-8)7-2-4-17-5-3-7/h7H,2-6H2,1H3. The molecule has 17 heavy (non-hydrogen) atoms. The summed E-state index contributed by atoms with van der Waals surface area (Å²) in [5, 5.41) is 0.452. The quantitative estimate of drug-likeness (QED) is 0.803. The lowest BCUT2D eigenvalue weighted by molar-refractivity contribution is 0.0833. The molecule has 0 N–H and O–H groups in total. The average molecular weight is 322 g/mol. The first-order chi connectivity index (χ1) is 8.22. The van der Waals surface area contributed by atoms with Gasteiger partial charge in [0.2, 0.25) is 0 Å². The fraction of sp³-hybridized carbons (Fsp3) is 0.636. The van der Waals surface area contributed by atoms with E-state index >= 15 is 0 Å². The van der Waals surface area contributed by atoms with E-state index in [4.69, 9.17) is 21.1 Å². The molecule has 0 aliphatic carbocycles. The normalized spacial score (nSPS) is 17.4. The van der Waals surface area contributed by atoms with Gasteiger partial charge in [-0.1, -0.05) is 11.6 Å². The maximum absolute atomic E-state index is 6.09. The van der Waals surface area contributed by atoms with Crippen molar-refractivity contribution in [1.82, 2.24) is 9.97 Å². The van der Waals surface area contributed by atoms with Gasteiger partial charge in [-0.25, -0.2) is 9.97 Å². The van der Waals surface area contributed by atoms with Crippen LogP contribution in [0.5, 0.6) is 0 Å². The molecule has 1 fully saturated rings. The summed E-state index contributed by atoms with van der Waals surface area (Å²) in [6.45, 7) is 1.96. The zero-order valence-corrected chi connectivity index (χ0v) is 11.9. The van der Waals surface area contributed by atoms with Crippen molar-refractivity contribution in [3.63, 3.8) is 0 Å². The van der Waals surface area contributed by atoms with Crippen molar-refractivity contribution in [2.24, 2.45) is 0 Å². The Bertz CT molecular complexity index is 397. The second kappa shape index (κ2) is 6.09. The lowest BCUT2D eigenvalue weighted by atomic mass is 9.99. The minimum Gasteiger partial charge on any atom is -0.381 e. The average Bonchev–Trinajstić information content (AvgIpc) is 2.36. The fourth-order valence-electron chi connectivity index (χ4n) is 1.85. The van der Waals surface area contributed by atoms with Crippen LogP contribution < -0.4 is 0 Å². The molecule has 0 unspecified atom stereocenters. The van der Waals surface area contributed by atoms with Gasteiger partial charge < -0.3 is 9.47 Å². The van der Waals surface area contributed by atoms with Crippen LogP contribution in [-0.4, -0.2) is 30.3 Å². The van der Waals surface area contributed by atoms with Gasteiger partial charge in [0.05, 0.1) is 16.8 Å². The topological polar surface area (TPSA) is 44.2 Å². The molecule has 1 aliphatic rings. The molecule has 0 atom stereocenters. The van der Waals surface area contributed by atoms with E-state index < -0.39 is 0 Å². The molecule has 2 rings (SSSR count). The Kier molecular flexibility index (Phi) is 4.73. The summed E-state index contributed by atoms with van der Waals surface area (Å²) in [5.74, 6) is 1.14. The Morgan fingerprint density at radius 3 is 2.76 bits per heavy atom. The molecule has 0 aromatic carbocycles. The highest BCUT2D eigenvalue weighted by Gasteiger charge is 2.21. The van der Waals surface area contributed by atoms with E-state index in [1.165, 1.54) is 0 Å². The molecule has 0 saturated carbocycles. The van der Waals surface area contributed by atoms with Crippen LogP contribution in [0.15, 0.2) is 4.47 Å². The molecule has 1 aromatic rings. The van der Waals surface area contributed by atoms with Crippen LogP contribution in [0, 0.1) is 0 Å². The van der Waals surface area contributed by atoms with E-state index in [9.17, 15) is 0 Å². The predicted octanol–water partition coefficient (Wildman–Crippen LogP) is 2.93. The lowest BCUT2D eigenvalue weighted by Crippen LogP contribution is -2.17. The summed E-state index contributed by atoms with van der Waals surface area (Å²) in [6.07, 6.45) is 1.90. The number of aromatic nitrogens is 2. The summed E-state index contributed by atoms with van der Waals surface area (Å²) < 4.78 is 11.2. The van der Waals surface area contributed by atoms with Crippen molar-refractivity contribution in [3.05, 3.63) is 21.1 Å². The number of hydrogen-bond acceptors (Lipinski definition) is 4. The van der Waals surface area contributed by atoms with Crippen LogP contribution in [0.4, 0.5) is 0 Å². The first-order valence-corrected chi connectivity index (χ1v) is 6.68. The van der Waals surface area contributed by atoms with Crippen molar-refractivity contribution in [2.75, 3.05) is 20.3 Å². The van der Waals surface area contributed by atoms with E-state index in [1.54, 1.807) is 7.11 Å². The smallest absolute Gasteiger partial charge is 0.147 e. The van der Waals surface area contributed by atoms with E-state index in [1.807, 2.05) is 0 Å². The van der Waals surface area contributed by atoms with Gasteiger partial charge in [0.25, 0.3) is 0 Å². The van der Waals surface area contributed by atoms with Crippen LogP contribution in [0.2, 0.25) is 5.15 Å². The van der Waals surface area contributed by atoms with Gasteiger partial charge in [0.1, 0.15) is 11.0 Å². The number of hydrogen-bond donors (Lipinski definition) is 0. The minimum atomic E-state index is 0.338. The van der Waals surface area contributed by atoms with E-state index in [2.05, 4.69) is 25.9 Å². The number of methoxy groups -OCH3 is 1. The van der Waals surface area contributed by atoms with Gasteiger partial charge >= 0.3 is 0 Å².